The maximum Gasteiger partial charge on any atom is 0.240 e. The molecule has 6 heteroatoms. The number of amides is 1. The summed E-state index contributed by atoms with van der Waals surface area (Å²) in [6.45, 7) is 8.97. The molecule has 2 fully saturated rings. The zero-order chi connectivity index (χ0) is 24.2. The molecule has 1 amide bonds. The van der Waals surface area contributed by atoms with Gasteiger partial charge in [-0.25, -0.2) is 4.98 Å². The van der Waals surface area contributed by atoms with Gasteiger partial charge < -0.3 is 14.5 Å². The van der Waals surface area contributed by atoms with E-state index in [0.717, 1.165) is 49.7 Å². The van der Waals surface area contributed by atoms with Crippen molar-refractivity contribution in [3.63, 3.8) is 0 Å². The highest BCUT2D eigenvalue weighted by atomic mass is 16.5. The van der Waals surface area contributed by atoms with Gasteiger partial charge in [0, 0.05) is 38.8 Å². The summed E-state index contributed by atoms with van der Waals surface area (Å²) in [7, 11) is 0. The number of rotatable bonds is 7. The van der Waals surface area contributed by atoms with Crippen LogP contribution in [-0.4, -0.2) is 59.0 Å². The Balaban J connectivity index is 1.14. The fraction of sp³-hybridized carbons (Fsp3) is 0.379. The van der Waals surface area contributed by atoms with Gasteiger partial charge in [0.05, 0.1) is 12.2 Å². The highest BCUT2D eigenvalue weighted by Gasteiger charge is 2.39. The first-order valence-electron chi connectivity index (χ1n) is 12.5. The molecule has 35 heavy (non-hydrogen) atoms. The lowest BCUT2D eigenvalue weighted by Gasteiger charge is -2.42. The van der Waals surface area contributed by atoms with Crippen LogP contribution in [0.2, 0.25) is 0 Å². The van der Waals surface area contributed by atoms with Gasteiger partial charge in [0.15, 0.2) is 0 Å². The summed E-state index contributed by atoms with van der Waals surface area (Å²) < 4.78 is 5.88. The van der Waals surface area contributed by atoms with E-state index in [1.807, 2.05) is 35.2 Å². The highest BCUT2D eigenvalue weighted by Crippen LogP contribution is 2.26. The first-order valence-corrected chi connectivity index (χ1v) is 12.5. The molecule has 1 aromatic heterocycles. The Morgan fingerprint density at radius 3 is 2.46 bits per heavy atom. The van der Waals surface area contributed by atoms with E-state index in [2.05, 4.69) is 65.0 Å². The fourth-order valence-electron chi connectivity index (χ4n) is 5.13. The number of benzene rings is 2. The molecule has 0 radical (unpaired) electrons. The zero-order valence-electron chi connectivity index (χ0n) is 20.6. The summed E-state index contributed by atoms with van der Waals surface area (Å²) in [5, 5.41) is 0. The van der Waals surface area contributed by atoms with Gasteiger partial charge in [-0.15, -0.1) is 0 Å². The first-order chi connectivity index (χ1) is 17.1. The molecule has 0 bridgehead atoms. The molecule has 2 saturated heterocycles. The van der Waals surface area contributed by atoms with Gasteiger partial charge in [-0.2, -0.15) is 0 Å². The Bertz CT molecular complexity index is 1120. The number of carbonyl (C=O) groups is 1. The summed E-state index contributed by atoms with van der Waals surface area (Å²) in [6, 6.07) is 22.9. The molecular formula is C29H34N4O2. The zero-order valence-corrected chi connectivity index (χ0v) is 20.6. The smallest absolute Gasteiger partial charge is 0.240 e. The lowest BCUT2D eigenvalue weighted by Crippen LogP contribution is -2.57. The Morgan fingerprint density at radius 2 is 1.74 bits per heavy atom. The number of nitrogens with zero attached hydrogens (tertiary/aromatic N) is 4. The average Bonchev–Trinajstić information content (AvgIpc) is 3.24. The van der Waals surface area contributed by atoms with Crippen molar-refractivity contribution in [1.29, 1.82) is 0 Å². The molecule has 0 saturated carbocycles. The number of hydrogen-bond acceptors (Lipinski definition) is 5. The molecule has 2 atom stereocenters. The minimum Gasteiger partial charge on any atom is -0.487 e. The van der Waals surface area contributed by atoms with E-state index < -0.39 is 0 Å². The Hall–Kier alpha value is -3.38. The van der Waals surface area contributed by atoms with Crippen molar-refractivity contribution >= 4 is 11.7 Å². The normalized spacial score (nSPS) is 20.9. The second kappa shape index (κ2) is 10.5. The minimum atomic E-state index is -0.0145. The number of carbonyl (C=O) groups excluding carboxylic acids is 1. The molecule has 6 nitrogen and oxygen atoms in total. The van der Waals surface area contributed by atoms with Crippen molar-refractivity contribution in [3.05, 3.63) is 89.6 Å². The number of ether oxygens (including phenoxy) is 1. The molecule has 2 unspecified atom stereocenters. The van der Waals surface area contributed by atoms with Crippen molar-refractivity contribution in [1.82, 2.24) is 14.8 Å². The molecule has 3 heterocycles. The lowest BCUT2D eigenvalue weighted by molar-refractivity contribution is -0.133. The van der Waals surface area contributed by atoms with Crippen LogP contribution in [-0.2, 0) is 17.9 Å². The summed E-state index contributed by atoms with van der Waals surface area (Å²) in [4.78, 5) is 24.6. The SMILES string of the molecule is Cc1ccc(CN2CCC(N3CCN(c4ccc(OCc5ccccc5)cn4)CC3C)C2=O)cc1. The van der Waals surface area contributed by atoms with Crippen LogP contribution < -0.4 is 9.64 Å². The van der Waals surface area contributed by atoms with E-state index in [1.165, 1.54) is 11.1 Å². The molecule has 0 aliphatic carbocycles. The third kappa shape index (κ3) is 5.49. The van der Waals surface area contributed by atoms with Crippen LogP contribution >= 0.6 is 0 Å². The molecule has 0 N–H and O–H groups in total. The summed E-state index contributed by atoms with van der Waals surface area (Å²) in [5.74, 6) is 2.00. The van der Waals surface area contributed by atoms with Crippen LogP contribution in [0.1, 0.15) is 30.0 Å². The van der Waals surface area contributed by atoms with E-state index in [1.54, 1.807) is 6.20 Å². The Morgan fingerprint density at radius 1 is 0.943 bits per heavy atom. The van der Waals surface area contributed by atoms with Gasteiger partial charge in [-0.1, -0.05) is 60.2 Å². The van der Waals surface area contributed by atoms with E-state index >= 15 is 0 Å². The number of anilines is 1. The maximum absolute atomic E-state index is 13.2. The predicted molar refractivity (Wildman–Crippen MR) is 138 cm³/mol. The highest BCUT2D eigenvalue weighted by molar-refractivity contribution is 5.84. The third-order valence-corrected chi connectivity index (χ3v) is 7.14. The average molecular weight is 471 g/mol. The van der Waals surface area contributed by atoms with Crippen molar-refractivity contribution in [2.24, 2.45) is 0 Å². The lowest BCUT2D eigenvalue weighted by atomic mass is 10.1. The monoisotopic (exact) mass is 470 g/mol. The van der Waals surface area contributed by atoms with Crippen LogP contribution in [0.5, 0.6) is 5.75 Å². The van der Waals surface area contributed by atoms with Gasteiger partial charge in [-0.3, -0.25) is 9.69 Å². The van der Waals surface area contributed by atoms with Crippen molar-refractivity contribution in [2.75, 3.05) is 31.1 Å². The number of likely N-dealkylation sites (tertiary alicyclic amines) is 1. The van der Waals surface area contributed by atoms with Crippen LogP contribution in [0, 0.1) is 6.92 Å². The molecule has 182 valence electrons. The van der Waals surface area contributed by atoms with Crippen LogP contribution in [0.4, 0.5) is 5.82 Å². The number of hydrogen-bond donors (Lipinski definition) is 0. The maximum atomic E-state index is 13.2. The topological polar surface area (TPSA) is 48.9 Å². The van der Waals surface area contributed by atoms with Crippen molar-refractivity contribution < 1.29 is 9.53 Å². The Labute approximate surface area is 208 Å². The van der Waals surface area contributed by atoms with Crippen molar-refractivity contribution in [3.8, 4) is 5.75 Å². The minimum absolute atomic E-state index is 0.0145. The van der Waals surface area contributed by atoms with Gasteiger partial charge >= 0.3 is 0 Å². The van der Waals surface area contributed by atoms with E-state index in [9.17, 15) is 4.79 Å². The van der Waals surface area contributed by atoms with Gasteiger partial charge in [0.2, 0.25) is 5.91 Å². The van der Waals surface area contributed by atoms with E-state index in [-0.39, 0.29) is 18.0 Å². The Kier molecular flexibility index (Phi) is 7.00. The van der Waals surface area contributed by atoms with Crippen LogP contribution in [0.25, 0.3) is 0 Å². The first kappa shape index (κ1) is 23.4. The van der Waals surface area contributed by atoms with E-state index in [4.69, 9.17) is 4.74 Å². The number of piperazine rings is 1. The standard InChI is InChI=1S/C29H34N4O2/c1-22-8-10-24(11-9-22)20-32-15-14-27(29(32)34)33-17-16-31(19-23(33)2)28-13-12-26(18-30-28)35-21-25-6-4-3-5-7-25/h3-13,18,23,27H,14-17,19-21H2,1-2H3. The number of aromatic nitrogens is 1. The van der Waals surface area contributed by atoms with Gasteiger partial charge in [-0.05, 0) is 43.5 Å². The summed E-state index contributed by atoms with van der Waals surface area (Å²) in [6.07, 6.45) is 2.71. The third-order valence-electron chi connectivity index (χ3n) is 7.14. The van der Waals surface area contributed by atoms with Crippen molar-refractivity contribution in [2.45, 2.75) is 45.5 Å². The van der Waals surface area contributed by atoms with Crippen LogP contribution in [0.15, 0.2) is 72.9 Å². The predicted octanol–water partition coefficient (Wildman–Crippen LogP) is 4.28. The summed E-state index contributed by atoms with van der Waals surface area (Å²) >= 11 is 0. The molecular weight excluding hydrogens is 436 g/mol. The van der Waals surface area contributed by atoms with E-state index in [0.29, 0.717) is 13.2 Å². The second-order valence-electron chi connectivity index (χ2n) is 9.71. The molecule has 2 aliphatic rings. The second-order valence-corrected chi connectivity index (χ2v) is 9.71. The fourth-order valence-corrected chi connectivity index (χ4v) is 5.13. The summed E-state index contributed by atoms with van der Waals surface area (Å²) in [5.41, 5.74) is 3.58. The number of aryl methyl sites for hydroxylation is 1. The quantitative estimate of drug-likeness (QED) is 0.516. The van der Waals surface area contributed by atoms with Gasteiger partial charge in [0.25, 0.3) is 0 Å². The van der Waals surface area contributed by atoms with Gasteiger partial charge in [0.1, 0.15) is 18.2 Å². The largest absolute Gasteiger partial charge is 0.487 e. The molecule has 2 aromatic carbocycles. The molecule has 2 aliphatic heterocycles. The molecule has 5 rings (SSSR count). The number of pyridine rings is 1. The molecule has 0 spiro atoms. The molecule has 3 aromatic rings. The van der Waals surface area contributed by atoms with Crippen LogP contribution in [0.3, 0.4) is 0 Å².